The summed E-state index contributed by atoms with van der Waals surface area (Å²) >= 11 is 0. The summed E-state index contributed by atoms with van der Waals surface area (Å²) in [4.78, 5) is 32.2. The van der Waals surface area contributed by atoms with Crippen molar-refractivity contribution in [3.05, 3.63) is 60.4 Å². The molecule has 2 fully saturated rings. The standard InChI is InChI=1S/C22H21FN6O/c1-13-3-5-16(10-17(13)20-26-11-15(23)12-27-20)28-21(30)19-9-14-4-6-18(14)29(19)22-24-7-2-8-25-22/h2-3,5,7-8,10-12,14,18-19H,4,6,9H2,1H3,(H,28,30)/t14-,18-,19+/m0/s1. The predicted molar refractivity (Wildman–Crippen MR) is 110 cm³/mol. The third kappa shape index (κ3) is 3.28. The number of carbonyl (C=O) groups excluding carboxylic acids is 1. The van der Waals surface area contributed by atoms with Crippen LogP contribution < -0.4 is 10.2 Å². The van der Waals surface area contributed by atoms with Gasteiger partial charge in [0, 0.05) is 29.7 Å². The number of halogens is 1. The van der Waals surface area contributed by atoms with Crippen molar-refractivity contribution in [1.29, 1.82) is 0 Å². The number of aromatic nitrogens is 4. The fourth-order valence-corrected chi connectivity index (χ4v) is 4.39. The molecule has 5 rings (SSSR count). The number of benzene rings is 1. The predicted octanol–water partition coefficient (Wildman–Crippen LogP) is 3.38. The zero-order valence-corrected chi connectivity index (χ0v) is 16.5. The van der Waals surface area contributed by atoms with Crippen LogP contribution in [-0.2, 0) is 4.79 Å². The minimum atomic E-state index is -0.486. The molecule has 152 valence electrons. The fourth-order valence-electron chi connectivity index (χ4n) is 4.39. The van der Waals surface area contributed by atoms with E-state index in [-0.39, 0.29) is 11.9 Å². The van der Waals surface area contributed by atoms with Gasteiger partial charge in [0.15, 0.2) is 11.6 Å². The minimum Gasteiger partial charge on any atom is -0.326 e. The molecule has 8 heteroatoms. The summed E-state index contributed by atoms with van der Waals surface area (Å²) in [5.74, 6) is 0.967. The summed E-state index contributed by atoms with van der Waals surface area (Å²) in [7, 11) is 0. The lowest BCUT2D eigenvalue weighted by atomic mass is 9.80. The summed E-state index contributed by atoms with van der Waals surface area (Å²) in [5.41, 5.74) is 2.35. The van der Waals surface area contributed by atoms with E-state index in [2.05, 4.69) is 30.2 Å². The normalized spacial score (nSPS) is 22.3. The van der Waals surface area contributed by atoms with Gasteiger partial charge in [-0.3, -0.25) is 4.79 Å². The number of rotatable bonds is 4. The Bertz CT molecular complexity index is 1070. The number of fused-ring (bicyclic) bond motifs is 1. The molecule has 2 aromatic heterocycles. The van der Waals surface area contributed by atoms with Gasteiger partial charge in [0.1, 0.15) is 6.04 Å². The van der Waals surface area contributed by atoms with Crippen molar-refractivity contribution in [2.24, 2.45) is 5.92 Å². The number of hydrogen-bond donors (Lipinski definition) is 1. The highest BCUT2D eigenvalue weighted by Crippen LogP contribution is 2.45. The van der Waals surface area contributed by atoms with Gasteiger partial charge in [-0.05, 0) is 55.9 Å². The van der Waals surface area contributed by atoms with Crippen molar-refractivity contribution in [3.63, 3.8) is 0 Å². The molecule has 1 saturated carbocycles. The van der Waals surface area contributed by atoms with Crippen molar-refractivity contribution in [2.75, 3.05) is 10.2 Å². The van der Waals surface area contributed by atoms with Crippen LogP contribution in [0.5, 0.6) is 0 Å². The van der Waals surface area contributed by atoms with Crippen LogP contribution in [-0.4, -0.2) is 37.9 Å². The van der Waals surface area contributed by atoms with Gasteiger partial charge in [0.05, 0.1) is 12.4 Å². The van der Waals surface area contributed by atoms with Gasteiger partial charge in [0.2, 0.25) is 11.9 Å². The molecule has 7 nitrogen and oxygen atoms in total. The lowest BCUT2D eigenvalue weighted by Crippen LogP contribution is -2.47. The van der Waals surface area contributed by atoms with Crippen molar-refractivity contribution >= 4 is 17.5 Å². The SMILES string of the molecule is Cc1ccc(NC(=O)[C@H]2C[C@@H]3CC[C@@H]3N2c2ncccn2)cc1-c1ncc(F)cn1. The Hall–Kier alpha value is -3.42. The van der Waals surface area contributed by atoms with Crippen LogP contribution in [0.25, 0.3) is 11.4 Å². The summed E-state index contributed by atoms with van der Waals surface area (Å²) in [6.07, 6.45) is 8.68. The fraction of sp³-hybridized carbons (Fsp3) is 0.318. The first-order valence-corrected chi connectivity index (χ1v) is 10.0. The van der Waals surface area contributed by atoms with Crippen LogP contribution in [0.3, 0.4) is 0 Å². The lowest BCUT2D eigenvalue weighted by Gasteiger charge is -2.36. The monoisotopic (exact) mass is 404 g/mol. The molecule has 0 bridgehead atoms. The molecule has 1 N–H and O–H groups in total. The number of carbonyl (C=O) groups is 1. The third-order valence-electron chi connectivity index (χ3n) is 6.05. The molecule has 1 aromatic carbocycles. The Morgan fingerprint density at radius 2 is 1.90 bits per heavy atom. The van der Waals surface area contributed by atoms with Gasteiger partial charge in [-0.15, -0.1) is 0 Å². The van der Waals surface area contributed by atoms with Gasteiger partial charge in [0.25, 0.3) is 0 Å². The molecular weight excluding hydrogens is 383 g/mol. The zero-order chi connectivity index (χ0) is 20.7. The van der Waals surface area contributed by atoms with Crippen LogP contribution in [0, 0.1) is 18.7 Å². The van der Waals surface area contributed by atoms with Crippen LogP contribution in [0.1, 0.15) is 24.8 Å². The summed E-state index contributed by atoms with van der Waals surface area (Å²) in [6.45, 7) is 1.93. The maximum absolute atomic E-state index is 13.2. The van der Waals surface area contributed by atoms with Gasteiger partial charge in [-0.25, -0.2) is 24.3 Å². The average molecular weight is 404 g/mol. The van der Waals surface area contributed by atoms with E-state index in [4.69, 9.17) is 0 Å². The first-order chi connectivity index (χ1) is 14.6. The highest BCUT2D eigenvalue weighted by molar-refractivity contribution is 5.97. The van der Waals surface area contributed by atoms with E-state index in [1.807, 2.05) is 25.1 Å². The molecule has 0 unspecified atom stereocenters. The van der Waals surface area contributed by atoms with E-state index in [1.165, 1.54) is 0 Å². The quantitative estimate of drug-likeness (QED) is 0.718. The van der Waals surface area contributed by atoms with Gasteiger partial charge < -0.3 is 10.2 Å². The van der Waals surface area contributed by atoms with Gasteiger partial charge in [-0.2, -0.15) is 0 Å². The maximum atomic E-state index is 13.2. The molecule has 30 heavy (non-hydrogen) atoms. The Morgan fingerprint density at radius 3 is 2.60 bits per heavy atom. The highest BCUT2D eigenvalue weighted by Gasteiger charge is 2.50. The first-order valence-electron chi connectivity index (χ1n) is 10.0. The lowest BCUT2D eigenvalue weighted by molar-refractivity contribution is -0.117. The smallest absolute Gasteiger partial charge is 0.247 e. The van der Waals surface area contributed by atoms with E-state index >= 15 is 0 Å². The van der Waals surface area contributed by atoms with E-state index < -0.39 is 5.82 Å². The molecular formula is C22H21FN6O. The Labute approximate surface area is 173 Å². The topological polar surface area (TPSA) is 83.9 Å². The van der Waals surface area contributed by atoms with E-state index in [9.17, 15) is 9.18 Å². The van der Waals surface area contributed by atoms with E-state index in [0.29, 0.717) is 29.4 Å². The number of amides is 1. The van der Waals surface area contributed by atoms with Gasteiger partial charge >= 0.3 is 0 Å². The Morgan fingerprint density at radius 1 is 1.13 bits per heavy atom. The molecule has 0 radical (unpaired) electrons. The molecule has 1 saturated heterocycles. The maximum Gasteiger partial charge on any atom is 0.247 e. The largest absolute Gasteiger partial charge is 0.326 e. The minimum absolute atomic E-state index is 0.0771. The van der Waals surface area contributed by atoms with Crippen molar-refractivity contribution < 1.29 is 9.18 Å². The zero-order valence-electron chi connectivity index (χ0n) is 16.5. The van der Waals surface area contributed by atoms with Crippen LogP contribution in [0.4, 0.5) is 16.0 Å². The van der Waals surface area contributed by atoms with Crippen LogP contribution in [0.15, 0.2) is 49.1 Å². The first kappa shape index (κ1) is 18.6. The number of aryl methyl sites for hydroxylation is 1. The third-order valence-corrected chi connectivity index (χ3v) is 6.05. The Balaban J connectivity index is 1.40. The second-order valence-corrected chi connectivity index (χ2v) is 7.86. The molecule has 2 aliphatic rings. The summed E-state index contributed by atoms with van der Waals surface area (Å²) in [6, 6.07) is 7.37. The van der Waals surface area contributed by atoms with Crippen molar-refractivity contribution in [1.82, 2.24) is 19.9 Å². The molecule has 3 heterocycles. The van der Waals surface area contributed by atoms with Crippen molar-refractivity contribution in [2.45, 2.75) is 38.3 Å². The second-order valence-electron chi connectivity index (χ2n) is 7.86. The molecule has 1 aliphatic carbocycles. The van der Waals surface area contributed by atoms with Crippen LogP contribution >= 0.6 is 0 Å². The number of hydrogen-bond acceptors (Lipinski definition) is 6. The van der Waals surface area contributed by atoms with Crippen molar-refractivity contribution in [3.8, 4) is 11.4 Å². The number of nitrogens with one attached hydrogen (secondary N) is 1. The Kier molecular flexibility index (Phi) is 4.61. The molecule has 1 amide bonds. The highest BCUT2D eigenvalue weighted by atomic mass is 19.1. The molecule has 1 aliphatic heterocycles. The van der Waals surface area contributed by atoms with Crippen LogP contribution in [0.2, 0.25) is 0 Å². The molecule has 0 spiro atoms. The number of nitrogens with zero attached hydrogens (tertiary/aromatic N) is 5. The van der Waals surface area contributed by atoms with E-state index in [1.54, 1.807) is 18.5 Å². The van der Waals surface area contributed by atoms with E-state index in [0.717, 1.165) is 42.8 Å². The summed E-state index contributed by atoms with van der Waals surface area (Å²) < 4.78 is 13.2. The summed E-state index contributed by atoms with van der Waals surface area (Å²) in [5, 5.41) is 3.04. The molecule has 3 atom stereocenters. The molecule has 3 aromatic rings. The average Bonchev–Trinajstić information content (AvgIpc) is 3.01. The number of anilines is 2. The second kappa shape index (κ2) is 7.44. The van der Waals surface area contributed by atoms with Gasteiger partial charge in [-0.1, -0.05) is 6.07 Å².